The van der Waals surface area contributed by atoms with Gasteiger partial charge in [-0.25, -0.2) is 0 Å². The lowest BCUT2D eigenvalue weighted by molar-refractivity contribution is -0.383. The lowest BCUT2D eigenvalue weighted by atomic mass is 10.0. The molecule has 6 nitrogen and oxygen atoms in total. The molecule has 0 aromatic heterocycles. The van der Waals surface area contributed by atoms with Crippen molar-refractivity contribution in [1.82, 2.24) is 0 Å². The van der Waals surface area contributed by atoms with Crippen LogP contribution in [-0.2, 0) is 4.79 Å². The van der Waals surface area contributed by atoms with Crippen molar-refractivity contribution in [2.45, 2.75) is 19.8 Å². The van der Waals surface area contributed by atoms with Crippen molar-refractivity contribution in [2.24, 2.45) is 11.7 Å². The maximum Gasteiger partial charge on any atom is 0.292 e. The van der Waals surface area contributed by atoms with Crippen molar-refractivity contribution in [3.63, 3.8) is 0 Å². The second kappa shape index (κ2) is 7.06. The van der Waals surface area contributed by atoms with Crippen LogP contribution in [0.2, 0.25) is 5.02 Å². The van der Waals surface area contributed by atoms with E-state index < -0.39 is 4.92 Å². The minimum Gasteiger partial charge on any atom is -0.330 e. The summed E-state index contributed by atoms with van der Waals surface area (Å²) in [6.07, 6.45) is 1.45. The van der Waals surface area contributed by atoms with Crippen molar-refractivity contribution < 1.29 is 9.72 Å². The van der Waals surface area contributed by atoms with Gasteiger partial charge in [-0.3, -0.25) is 14.9 Å². The van der Waals surface area contributed by atoms with Crippen molar-refractivity contribution in [1.29, 1.82) is 0 Å². The molecule has 0 aliphatic heterocycles. The Morgan fingerprint density at radius 1 is 1.58 bits per heavy atom. The Kier molecular flexibility index (Phi) is 5.72. The molecule has 0 fully saturated rings. The zero-order chi connectivity index (χ0) is 14.4. The van der Waals surface area contributed by atoms with Gasteiger partial charge >= 0.3 is 0 Å². The number of nitrogens with one attached hydrogen (secondary N) is 1. The lowest BCUT2D eigenvalue weighted by Crippen LogP contribution is -2.29. The van der Waals surface area contributed by atoms with Gasteiger partial charge in [-0.1, -0.05) is 24.9 Å². The number of carbonyl (C=O) groups is 1. The first-order chi connectivity index (χ1) is 8.99. The molecule has 1 aromatic rings. The van der Waals surface area contributed by atoms with Crippen LogP contribution in [0.25, 0.3) is 0 Å². The van der Waals surface area contributed by atoms with E-state index in [9.17, 15) is 14.9 Å². The van der Waals surface area contributed by atoms with Gasteiger partial charge in [0.05, 0.1) is 10.8 Å². The number of halogens is 1. The molecule has 0 saturated carbocycles. The Balaban J connectivity index is 2.94. The largest absolute Gasteiger partial charge is 0.330 e. The first-order valence-corrected chi connectivity index (χ1v) is 6.32. The molecule has 104 valence electrons. The van der Waals surface area contributed by atoms with Crippen LogP contribution in [0.4, 0.5) is 11.4 Å². The van der Waals surface area contributed by atoms with Crippen molar-refractivity contribution >= 4 is 28.9 Å². The average Bonchev–Trinajstić information content (AvgIpc) is 2.35. The number of anilines is 1. The molecule has 19 heavy (non-hydrogen) atoms. The van der Waals surface area contributed by atoms with Gasteiger partial charge in [0.1, 0.15) is 5.69 Å². The number of hydrogen-bond donors (Lipinski definition) is 2. The molecule has 1 rings (SSSR count). The normalized spacial score (nSPS) is 11.9. The summed E-state index contributed by atoms with van der Waals surface area (Å²) < 4.78 is 0. The molecule has 1 atom stereocenters. The number of amides is 1. The van der Waals surface area contributed by atoms with Crippen LogP contribution >= 0.6 is 11.6 Å². The Hall–Kier alpha value is -1.66. The summed E-state index contributed by atoms with van der Waals surface area (Å²) in [7, 11) is 0. The van der Waals surface area contributed by atoms with E-state index in [4.69, 9.17) is 17.3 Å². The summed E-state index contributed by atoms with van der Waals surface area (Å²) in [5.41, 5.74) is 5.43. The Bertz CT molecular complexity index is 479. The molecule has 0 bridgehead atoms. The maximum absolute atomic E-state index is 12.0. The molecular weight excluding hydrogens is 270 g/mol. The van der Waals surface area contributed by atoms with Gasteiger partial charge < -0.3 is 11.1 Å². The smallest absolute Gasteiger partial charge is 0.292 e. The lowest BCUT2D eigenvalue weighted by Gasteiger charge is -2.14. The highest BCUT2D eigenvalue weighted by Gasteiger charge is 2.20. The zero-order valence-corrected chi connectivity index (χ0v) is 11.3. The number of nitro groups is 1. The standard InChI is InChI=1S/C12H16ClN3O3/c1-2-3-8(7-14)12(17)15-10-6-9(13)4-5-11(10)16(18)19/h4-6,8H,2-3,7,14H2,1H3,(H,15,17). The van der Waals surface area contributed by atoms with Crippen LogP contribution in [0, 0.1) is 16.0 Å². The number of nitrogens with two attached hydrogens (primary N) is 1. The first-order valence-electron chi connectivity index (χ1n) is 5.94. The van der Waals surface area contributed by atoms with Gasteiger partial charge in [0.15, 0.2) is 0 Å². The molecule has 1 amide bonds. The molecule has 0 radical (unpaired) electrons. The van der Waals surface area contributed by atoms with E-state index in [1.165, 1.54) is 18.2 Å². The van der Waals surface area contributed by atoms with E-state index in [1.807, 2.05) is 6.92 Å². The monoisotopic (exact) mass is 285 g/mol. The molecule has 1 aromatic carbocycles. The summed E-state index contributed by atoms with van der Waals surface area (Å²) in [5.74, 6) is -0.682. The predicted molar refractivity (Wildman–Crippen MR) is 74.2 cm³/mol. The van der Waals surface area contributed by atoms with Crippen molar-refractivity contribution in [3.05, 3.63) is 33.3 Å². The van der Waals surface area contributed by atoms with E-state index >= 15 is 0 Å². The summed E-state index contributed by atoms with van der Waals surface area (Å²) >= 11 is 5.78. The van der Waals surface area contributed by atoms with Gasteiger partial charge in [-0.05, 0) is 18.6 Å². The number of carbonyl (C=O) groups excluding carboxylic acids is 1. The minimum absolute atomic E-state index is 0.0945. The number of hydrogen-bond acceptors (Lipinski definition) is 4. The van der Waals surface area contributed by atoms with E-state index in [0.29, 0.717) is 11.4 Å². The maximum atomic E-state index is 12.0. The molecule has 0 aliphatic rings. The van der Waals surface area contributed by atoms with E-state index in [0.717, 1.165) is 6.42 Å². The van der Waals surface area contributed by atoms with Crippen molar-refractivity contribution in [3.8, 4) is 0 Å². The molecule has 1 unspecified atom stereocenters. The Morgan fingerprint density at radius 2 is 2.26 bits per heavy atom. The van der Waals surface area contributed by atoms with Crippen LogP contribution in [0.15, 0.2) is 18.2 Å². The second-order valence-electron chi connectivity index (χ2n) is 4.13. The fourth-order valence-corrected chi connectivity index (χ4v) is 1.88. The highest BCUT2D eigenvalue weighted by Crippen LogP contribution is 2.28. The molecule has 7 heteroatoms. The molecule has 0 spiro atoms. The fraction of sp³-hybridized carbons (Fsp3) is 0.417. The van der Waals surface area contributed by atoms with E-state index in [-0.39, 0.29) is 29.7 Å². The van der Waals surface area contributed by atoms with Gasteiger partial charge in [-0.15, -0.1) is 0 Å². The molecule has 0 saturated heterocycles. The highest BCUT2D eigenvalue weighted by molar-refractivity contribution is 6.31. The number of nitro benzene ring substituents is 1. The van der Waals surface area contributed by atoms with Crippen LogP contribution in [0.5, 0.6) is 0 Å². The number of rotatable bonds is 6. The van der Waals surface area contributed by atoms with Gasteiger partial charge in [0.2, 0.25) is 5.91 Å². The van der Waals surface area contributed by atoms with Crippen LogP contribution < -0.4 is 11.1 Å². The van der Waals surface area contributed by atoms with Crippen LogP contribution in [0.3, 0.4) is 0 Å². The third-order valence-electron chi connectivity index (χ3n) is 2.71. The SMILES string of the molecule is CCCC(CN)C(=O)Nc1cc(Cl)ccc1[N+](=O)[O-]. The van der Waals surface area contributed by atoms with E-state index in [1.54, 1.807) is 0 Å². The van der Waals surface area contributed by atoms with E-state index in [2.05, 4.69) is 5.32 Å². The zero-order valence-electron chi connectivity index (χ0n) is 10.6. The molecule has 0 heterocycles. The first kappa shape index (κ1) is 15.4. The summed E-state index contributed by atoms with van der Waals surface area (Å²) in [6.45, 7) is 2.14. The fourth-order valence-electron chi connectivity index (χ4n) is 1.71. The number of benzene rings is 1. The molecule has 3 N–H and O–H groups in total. The average molecular weight is 286 g/mol. The molecule has 0 aliphatic carbocycles. The van der Waals surface area contributed by atoms with Gasteiger partial charge in [0, 0.05) is 17.6 Å². The Labute approximate surface area is 116 Å². The second-order valence-corrected chi connectivity index (χ2v) is 4.57. The third-order valence-corrected chi connectivity index (χ3v) is 2.94. The highest BCUT2D eigenvalue weighted by atomic mass is 35.5. The molecular formula is C12H16ClN3O3. The topological polar surface area (TPSA) is 98.3 Å². The summed E-state index contributed by atoms with van der Waals surface area (Å²) in [4.78, 5) is 22.3. The predicted octanol–water partition coefficient (Wildman–Crippen LogP) is 2.56. The van der Waals surface area contributed by atoms with Gasteiger partial charge in [-0.2, -0.15) is 0 Å². The van der Waals surface area contributed by atoms with Crippen molar-refractivity contribution in [2.75, 3.05) is 11.9 Å². The third kappa shape index (κ3) is 4.18. The van der Waals surface area contributed by atoms with Crippen LogP contribution in [-0.4, -0.2) is 17.4 Å². The summed E-state index contributed by atoms with van der Waals surface area (Å²) in [5, 5.41) is 13.7. The summed E-state index contributed by atoms with van der Waals surface area (Å²) in [6, 6.07) is 4.02. The van der Waals surface area contributed by atoms with Gasteiger partial charge in [0.25, 0.3) is 5.69 Å². The number of nitrogens with zero attached hydrogens (tertiary/aromatic N) is 1. The Morgan fingerprint density at radius 3 is 2.79 bits per heavy atom. The van der Waals surface area contributed by atoms with Crippen LogP contribution in [0.1, 0.15) is 19.8 Å². The quantitative estimate of drug-likeness (QED) is 0.620. The minimum atomic E-state index is -0.566.